The number of aromatic nitrogens is 2. The smallest absolute Gasteiger partial charge is 0.380 e. The van der Waals surface area contributed by atoms with Gasteiger partial charge < -0.3 is 10.1 Å². The van der Waals surface area contributed by atoms with E-state index in [1.807, 2.05) is 0 Å². The summed E-state index contributed by atoms with van der Waals surface area (Å²) in [7, 11) is 0. The number of H-pyrrole nitrogens is 1. The van der Waals surface area contributed by atoms with E-state index < -0.39 is 11.8 Å². The van der Waals surface area contributed by atoms with Gasteiger partial charge in [0.25, 0.3) is 0 Å². The van der Waals surface area contributed by atoms with Crippen molar-refractivity contribution in [3.8, 4) is 0 Å². The van der Waals surface area contributed by atoms with E-state index in [4.69, 9.17) is 5.11 Å². The Labute approximate surface area is 55.7 Å². The number of hydrogen-bond donors (Lipinski definition) is 2. The molecule has 10 heavy (non-hydrogen) atoms. The quantitative estimate of drug-likeness (QED) is 0.435. The maximum Gasteiger partial charge on any atom is 0.380 e. The minimum Gasteiger partial charge on any atom is -0.475 e. The molecule has 1 rings (SSSR count). The molecule has 0 spiro atoms. The van der Waals surface area contributed by atoms with Crippen molar-refractivity contribution in [3.63, 3.8) is 0 Å². The molecule has 52 valence electrons. The molecule has 1 aromatic heterocycles. The third-order valence-electron chi connectivity index (χ3n) is 0.908. The van der Waals surface area contributed by atoms with E-state index in [9.17, 15) is 9.59 Å². The SMILES string of the molecule is O=C(O)C(=O)c1ncc[nH]1. The van der Waals surface area contributed by atoms with Crippen molar-refractivity contribution < 1.29 is 14.7 Å². The number of carbonyl (C=O) groups is 2. The first-order valence-corrected chi connectivity index (χ1v) is 2.49. The molecule has 0 saturated carbocycles. The van der Waals surface area contributed by atoms with Gasteiger partial charge in [-0.2, -0.15) is 0 Å². The molecule has 5 nitrogen and oxygen atoms in total. The Morgan fingerprint density at radius 3 is 2.70 bits per heavy atom. The van der Waals surface area contributed by atoms with E-state index in [0.29, 0.717) is 0 Å². The highest BCUT2D eigenvalue weighted by Gasteiger charge is 2.15. The summed E-state index contributed by atoms with van der Waals surface area (Å²) in [6, 6.07) is 0. The average Bonchev–Trinajstić information content (AvgIpc) is 2.36. The second-order valence-corrected chi connectivity index (χ2v) is 1.57. The fourth-order valence-electron chi connectivity index (χ4n) is 0.491. The van der Waals surface area contributed by atoms with Gasteiger partial charge in [-0.25, -0.2) is 9.78 Å². The highest BCUT2D eigenvalue weighted by atomic mass is 16.4. The number of carbonyl (C=O) groups excluding carboxylic acids is 1. The zero-order chi connectivity index (χ0) is 7.56. The standard InChI is InChI=1S/C5H4N2O3/c8-3(5(9)10)4-6-1-2-7-4/h1-2H,(H,6,7)(H,9,10). The maximum atomic E-state index is 10.5. The summed E-state index contributed by atoms with van der Waals surface area (Å²) in [5.74, 6) is -2.67. The zero-order valence-corrected chi connectivity index (χ0v) is 4.87. The topological polar surface area (TPSA) is 83.0 Å². The number of rotatable bonds is 2. The Morgan fingerprint density at radius 1 is 1.60 bits per heavy atom. The molecule has 0 radical (unpaired) electrons. The number of aromatic amines is 1. The van der Waals surface area contributed by atoms with Gasteiger partial charge in [-0.15, -0.1) is 0 Å². The minimum absolute atomic E-state index is 0.146. The maximum absolute atomic E-state index is 10.5. The van der Waals surface area contributed by atoms with E-state index >= 15 is 0 Å². The van der Waals surface area contributed by atoms with Crippen LogP contribution in [0.1, 0.15) is 10.6 Å². The highest BCUT2D eigenvalue weighted by molar-refractivity contribution is 6.38. The lowest BCUT2D eigenvalue weighted by atomic mass is 10.4. The monoisotopic (exact) mass is 140 g/mol. The van der Waals surface area contributed by atoms with Gasteiger partial charge in [0, 0.05) is 12.4 Å². The van der Waals surface area contributed by atoms with Crippen molar-refractivity contribution in [2.75, 3.05) is 0 Å². The van der Waals surface area contributed by atoms with E-state index in [2.05, 4.69) is 9.97 Å². The second kappa shape index (κ2) is 2.30. The molecule has 0 aliphatic rings. The Kier molecular flexibility index (Phi) is 1.49. The van der Waals surface area contributed by atoms with Crippen LogP contribution in [-0.4, -0.2) is 26.8 Å². The second-order valence-electron chi connectivity index (χ2n) is 1.57. The lowest BCUT2D eigenvalue weighted by Gasteiger charge is -1.84. The number of imidazole rings is 1. The summed E-state index contributed by atoms with van der Waals surface area (Å²) in [4.78, 5) is 26.3. The largest absolute Gasteiger partial charge is 0.475 e. The normalized spacial score (nSPS) is 9.20. The van der Waals surface area contributed by atoms with Crippen LogP contribution in [0.4, 0.5) is 0 Å². The van der Waals surface area contributed by atoms with Gasteiger partial charge in [0.2, 0.25) is 0 Å². The molecule has 0 atom stereocenters. The molecule has 0 bridgehead atoms. The van der Waals surface area contributed by atoms with Gasteiger partial charge in [-0.05, 0) is 0 Å². The van der Waals surface area contributed by atoms with Crippen molar-refractivity contribution in [2.45, 2.75) is 0 Å². The number of carboxylic acids is 1. The molecule has 0 aromatic carbocycles. The fraction of sp³-hybridized carbons (Fsp3) is 0. The lowest BCUT2D eigenvalue weighted by Crippen LogP contribution is -2.13. The Balaban J connectivity index is 2.88. The number of nitrogens with zero attached hydrogens (tertiary/aromatic N) is 1. The molecule has 1 aromatic rings. The van der Waals surface area contributed by atoms with Crippen molar-refractivity contribution >= 4 is 11.8 Å². The minimum atomic E-state index is -1.50. The summed E-state index contributed by atoms with van der Waals surface area (Å²) in [6.07, 6.45) is 2.70. The van der Waals surface area contributed by atoms with Crippen molar-refractivity contribution in [2.24, 2.45) is 0 Å². The number of hydrogen-bond acceptors (Lipinski definition) is 3. The average molecular weight is 140 g/mol. The number of nitrogens with one attached hydrogen (secondary N) is 1. The van der Waals surface area contributed by atoms with Crippen LogP contribution in [0.2, 0.25) is 0 Å². The predicted molar refractivity (Wildman–Crippen MR) is 30.6 cm³/mol. The van der Waals surface area contributed by atoms with Crippen LogP contribution in [-0.2, 0) is 4.79 Å². The lowest BCUT2D eigenvalue weighted by molar-refractivity contribution is -0.131. The van der Waals surface area contributed by atoms with Crippen molar-refractivity contribution in [1.82, 2.24) is 9.97 Å². The molecule has 2 N–H and O–H groups in total. The van der Waals surface area contributed by atoms with Crippen LogP contribution in [0, 0.1) is 0 Å². The molecule has 0 saturated heterocycles. The summed E-state index contributed by atoms with van der Waals surface area (Å²) in [5.41, 5.74) is 0. The van der Waals surface area contributed by atoms with E-state index in [0.717, 1.165) is 0 Å². The van der Waals surface area contributed by atoms with Crippen LogP contribution in [0.25, 0.3) is 0 Å². The molecule has 0 amide bonds. The summed E-state index contributed by atoms with van der Waals surface area (Å²) >= 11 is 0. The highest BCUT2D eigenvalue weighted by Crippen LogP contribution is 1.89. The van der Waals surface area contributed by atoms with Gasteiger partial charge in [-0.1, -0.05) is 0 Å². The molecule has 5 heteroatoms. The first kappa shape index (κ1) is 6.47. The van der Waals surface area contributed by atoms with Crippen molar-refractivity contribution in [1.29, 1.82) is 0 Å². The number of Topliss-reactive ketones (excluding diaryl/α,β-unsaturated/α-hetero) is 1. The van der Waals surface area contributed by atoms with Gasteiger partial charge >= 0.3 is 11.8 Å². The molecule has 0 fully saturated rings. The van der Waals surface area contributed by atoms with Gasteiger partial charge in [0.15, 0.2) is 5.82 Å². The summed E-state index contributed by atoms with van der Waals surface area (Å²) < 4.78 is 0. The summed E-state index contributed by atoms with van der Waals surface area (Å²) in [6.45, 7) is 0. The molecule has 1 heterocycles. The van der Waals surface area contributed by atoms with E-state index in [-0.39, 0.29) is 5.82 Å². The van der Waals surface area contributed by atoms with Crippen LogP contribution in [0.5, 0.6) is 0 Å². The Hall–Kier alpha value is -1.65. The third kappa shape index (κ3) is 1.02. The Bertz CT molecular complexity index is 252. The molecular weight excluding hydrogens is 136 g/mol. The third-order valence-corrected chi connectivity index (χ3v) is 0.908. The first-order chi connectivity index (χ1) is 4.72. The van der Waals surface area contributed by atoms with E-state index in [1.165, 1.54) is 12.4 Å². The molecule has 0 aliphatic carbocycles. The number of aliphatic carboxylic acids is 1. The predicted octanol–water partition coefficient (Wildman–Crippen LogP) is -0.323. The van der Waals surface area contributed by atoms with Crippen molar-refractivity contribution in [3.05, 3.63) is 18.2 Å². The zero-order valence-electron chi connectivity index (χ0n) is 4.87. The Morgan fingerprint density at radius 2 is 2.30 bits per heavy atom. The summed E-state index contributed by atoms with van der Waals surface area (Å²) in [5, 5.41) is 8.14. The fourth-order valence-corrected chi connectivity index (χ4v) is 0.491. The number of carboxylic acid groups (broad SMARTS) is 1. The first-order valence-electron chi connectivity index (χ1n) is 2.49. The molecule has 0 aliphatic heterocycles. The number of ketones is 1. The van der Waals surface area contributed by atoms with Gasteiger partial charge in [0.1, 0.15) is 0 Å². The van der Waals surface area contributed by atoms with Crippen LogP contribution < -0.4 is 0 Å². The van der Waals surface area contributed by atoms with Gasteiger partial charge in [-0.3, -0.25) is 4.79 Å². The van der Waals surface area contributed by atoms with Gasteiger partial charge in [0.05, 0.1) is 0 Å². The van der Waals surface area contributed by atoms with Crippen LogP contribution in [0.15, 0.2) is 12.4 Å². The van der Waals surface area contributed by atoms with Crippen LogP contribution in [0.3, 0.4) is 0 Å². The van der Waals surface area contributed by atoms with E-state index in [1.54, 1.807) is 0 Å². The molecule has 0 unspecified atom stereocenters. The van der Waals surface area contributed by atoms with Crippen LogP contribution >= 0.6 is 0 Å². The molecular formula is C5H4N2O3.